The van der Waals surface area contributed by atoms with E-state index in [9.17, 15) is 9.18 Å². The molecule has 0 aliphatic carbocycles. The molecule has 1 aliphatic rings. The van der Waals surface area contributed by atoms with Crippen LogP contribution in [0.5, 0.6) is 0 Å². The second kappa shape index (κ2) is 4.97. The number of rotatable bonds is 3. The van der Waals surface area contributed by atoms with Crippen LogP contribution in [0.2, 0.25) is 0 Å². The van der Waals surface area contributed by atoms with Crippen LogP contribution in [0.15, 0.2) is 24.3 Å². The number of carbonyl (C=O) groups is 1. The molecular weight excluding hydrogens is 225 g/mol. The number of benzene rings is 1. The number of halogens is 1. The first-order valence-corrected chi connectivity index (χ1v) is 5.86. The fourth-order valence-electron chi connectivity index (χ4n) is 1.89. The standard InChI is InChI=1S/C12H14FNOS/c13-10-3-1-9(2-4-10)12(15)8-14-6-5-11(16)7-14/h1-4,11,16H,5-8H2. The van der Waals surface area contributed by atoms with Crippen molar-refractivity contribution in [3.8, 4) is 0 Å². The van der Waals surface area contributed by atoms with Gasteiger partial charge in [0.25, 0.3) is 0 Å². The normalized spacial score (nSPS) is 21.2. The molecule has 0 aromatic heterocycles. The predicted molar refractivity (Wildman–Crippen MR) is 64.6 cm³/mol. The Labute approximate surface area is 99.9 Å². The summed E-state index contributed by atoms with van der Waals surface area (Å²) in [7, 11) is 0. The first-order valence-electron chi connectivity index (χ1n) is 5.34. The van der Waals surface area contributed by atoms with Crippen molar-refractivity contribution in [3.63, 3.8) is 0 Å². The number of thiol groups is 1. The van der Waals surface area contributed by atoms with Crippen LogP contribution in [0.3, 0.4) is 0 Å². The zero-order valence-corrected chi connectivity index (χ0v) is 9.79. The van der Waals surface area contributed by atoms with Gasteiger partial charge in [0.05, 0.1) is 6.54 Å². The molecule has 1 aromatic rings. The lowest BCUT2D eigenvalue weighted by Gasteiger charge is -2.13. The van der Waals surface area contributed by atoms with Gasteiger partial charge in [-0.05, 0) is 37.2 Å². The van der Waals surface area contributed by atoms with Gasteiger partial charge in [0.1, 0.15) is 5.82 Å². The molecule has 0 radical (unpaired) electrons. The molecule has 1 aromatic carbocycles. The molecule has 2 rings (SSSR count). The van der Waals surface area contributed by atoms with Gasteiger partial charge in [0, 0.05) is 17.4 Å². The summed E-state index contributed by atoms with van der Waals surface area (Å²) in [5.41, 5.74) is 0.573. The van der Waals surface area contributed by atoms with Gasteiger partial charge in [-0.15, -0.1) is 0 Å². The Balaban J connectivity index is 1.95. The summed E-state index contributed by atoms with van der Waals surface area (Å²) in [4.78, 5) is 13.9. The highest BCUT2D eigenvalue weighted by Crippen LogP contribution is 2.14. The van der Waals surface area contributed by atoms with Crippen molar-refractivity contribution in [2.75, 3.05) is 19.6 Å². The van der Waals surface area contributed by atoms with Crippen molar-refractivity contribution >= 4 is 18.4 Å². The van der Waals surface area contributed by atoms with Crippen LogP contribution in [0.25, 0.3) is 0 Å². The van der Waals surface area contributed by atoms with Crippen molar-refractivity contribution in [3.05, 3.63) is 35.6 Å². The van der Waals surface area contributed by atoms with Crippen LogP contribution in [0.4, 0.5) is 4.39 Å². The summed E-state index contributed by atoms with van der Waals surface area (Å²) < 4.78 is 12.7. The van der Waals surface area contributed by atoms with Gasteiger partial charge < -0.3 is 0 Å². The van der Waals surface area contributed by atoms with Crippen molar-refractivity contribution < 1.29 is 9.18 Å². The minimum absolute atomic E-state index is 0.0439. The molecular formula is C12H14FNOS. The van der Waals surface area contributed by atoms with Crippen LogP contribution in [0, 0.1) is 5.82 Å². The molecule has 0 bridgehead atoms. The van der Waals surface area contributed by atoms with Crippen LogP contribution in [-0.4, -0.2) is 35.6 Å². The largest absolute Gasteiger partial charge is 0.295 e. The lowest BCUT2D eigenvalue weighted by atomic mass is 10.1. The molecule has 1 unspecified atom stereocenters. The fourth-order valence-corrected chi connectivity index (χ4v) is 2.23. The Kier molecular flexibility index (Phi) is 3.61. The van der Waals surface area contributed by atoms with Crippen LogP contribution >= 0.6 is 12.6 Å². The zero-order chi connectivity index (χ0) is 11.5. The van der Waals surface area contributed by atoms with E-state index in [2.05, 4.69) is 17.5 Å². The molecule has 16 heavy (non-hydrogen) atoms. The number of Topliss-reactive ketones (excluding diaryl/α,β-unsaturated/α-hetero) is 1. The highest BCUT2D eigenvalue weighted by atomic mass is 32.1. The van der Waals surface area contributed by atoms with Gasteiger partial charge >= 0.3 is 0 Å². The van der Waals surface area contributed by atoms with E-state index >= 15 is 0 Å². The average molecular weight is 239 g/mol. The van der Waals surface area contributed by atoms with E-state index in [0.717, 1.165) is 19.5 Å². The van der Waals surface area contributed by atoms with Crippen molar-refractivity contribution in [2.45, 2.75) is 11.7 Å². The molecule has 4 heteroatoms. The molecule has 0 saturated carbocycles. The number of likely N-dealkylation sites (tertiary alicyclic amines) is 1. The van der Waals surface area contributed by atoms with Crippen molar-refractivity contribution in [1.82, 2.24) is 4.90 Å². The molecule has 1 heterocycles. The zero-order valence-electron chi connectivity index (χ0n) is 8.90. The summed E-state index contributed by atoms with van der Waals surface area (Å²) in [5.74, 6) is -0.268. The Bertz CT molecular complexity index is 379. The predicted octanol–water partition coefficient (Wildman–Crippen LogP) is 2.01. The molecule has 0 spiro atoms. The van der Waals surface area contributed by atoms with Gasteiger partial charge in [-0.3, -0.25) is 9.69 Å². The van der Waals surface area contributed by atoms with E-state index in [-0.39, 0.29) is 11.6 Å². The Morgan fingerprint density at radius 1 is 1.44 bits per heavy atom. The number of carbonyl (C=O) groups excluding carboxylic acids is 1. The number of hydrogen-bond acceptors (Lipinski definition) is 3. The summed E-state index contributed by atoms with van der Waals surface area (Å²) in [6.07, 6.45) is 1.03. The van der Waals surface area contributed by atoms with E-state index < -0.39 is 0 Å². The third-order valence-electron chi connectivity index (χ3n) is 2.78. The monoisotopic (exact) mass is 239 g/mol. The summed E-state index contributed by atoms with van der Waals surface area (Å²) in [6.45, 7) is 2.18. The minimum atomic E-state index is -0.312. The quantitative estimate of drug-likeness (QED) is 0.643. The lowest BCUT2D eigenvalue weighted by molar-refractivity contribution is 0.0945. The van der Waals surface area contributed by atoms with Gasteiger partial charge in [-0.2, -0.15) is 12.6 Å². The van der Waals surface area contributed by atoms with E-state index in [1.165, 1.54) is 24.3 Å². The smallest absolute Gasteiger partial charge is 0.176 e. The molecule has 2 nitrogen and oxygen atoms in total. The summed E-state index contributed by atoms with van der Waals surface area (Å²) in [6, 6.07) is 5.70. The summed E-state index contributed by atoms with van der Waals surface area (Å²) >= 11 is 4.37. The maximum absolute atomic E-state index is 12.7. The minimum Gasteiger partial charge on any atom is -0.295 e. The van der Waals surface area contributed by atoms with E-state index in [1.807, 2.05) is 0 Å². The number of nitrogens with zero attached hydrogens (tertiary/aromatic N) is 1. The third-order valence-corrected chi connectivity index (χ3v) is 3.20. The van der Waals surface area contributed by atoms with Crippen LogP contribution in [-0.2, 0) is 0 Å². The molecule has 1 fully saturated rings. The maximum Gasteiger partial charge on any atom is 0.176 e. The Morgan fingerprint density at radius 3 is 2.69 bits per heavy atom. The number of hydrogen-bond donors (Lipinski definition) is 1. The second-order valence-corrected chi connectivity index (χ2v) is 4.84. The fraction of sp³-hybridized carbons (Fsp3) is 0.417. The highest BCUT2D eigenvalue weighted by Gasteiger charge is 2.21. The molecule has 0 amide bonds. The SMILES string of the molecule is O=C(CN1CCC(S)C1)c1ccc(F)cc1. The first-order chi connectivity index (χ1) is 7.65. The summed E-state index contributed by atoms with van der Waals surface area (Å²) in [5, 5.41) is 0.376. The molecule has 1 aliphatic heterocycles. The topological polar surface area (TPSA) is 20.3 Å². The molecule has 1 atom stereocenters. The van der Waals surface area contributed by atoms with Gasteiger partial charge in [0.15, 0.2) is 5.78 Å². The molecule has 0 N–H and O–H groups in total. The van der Waals surface area contributed by atoms with Gasteiger partial charge in [-0.1, -0.05) is 0 Å². The average Bonchev–Trinajstić information content (AvgIpc) is 2.65. The molecule has 1 saturated heterocycles. The maximum atomic E-state index is 12.7. The number of ketones is 1. The van der Waals surface area contributed by atoms with E-state index in [1.54, 1.807) is 0 Å². The van der Waals surface area contributed by atoms with Crippen molar-refractivity contribution in [1.29, 1.82) is 0 Å². The van der Waals surface area contributed by atoms with Gasteiger partial charge in [0.2, 0.25) is 0 Å². The lowest BCUT2D eigenvalue weighted by Crippen LogP contribution is -2.27. The van der Waals surface area contributed by atoms with Gasteiger partial charge in [-0.25, -0.2) is 4.39 Å². The Hall–Kier alpha value is -0.870. The third kappa shape index (κ3) is 2.83. The van der Waals surface area contributed by atoms with Crippen LogP contribution < -0.4 is 0 Å². The highest BCUT2D eigenvalue weighted by molar-refractivity contribution is 7.81. The van der Waals surface area contributed by atoms with E-state index in [4.69, 9.17) is 0 Å². The van der Waals surface area contributed by atoms with E-state index in [0.29, 0.717) is 17.4 Å². The Morgan fingerprint density at radius 2 is 2.12 bits per heavy atom. The van der Waals surface area contributed by atoms with Crippen LogP contribution in [0.1, 0.15) is 16.8 Å². The molecule has 86 valence electrons. The second-order valence-electron chi connectivity index (χ2n) is 4.11. The van der Waals surface area contributed by atoms with Crippen molar-refractivity contribution in [2.24, 2.45) is 0 Å². The first kappa shape index (κ1) is 11.6.